The lowest BCUT2D eigenvalue weighted by molar-refractivity contribution is 0.312. The number of hydrogen-bond acceptors (Lipinski definition) is 3. The quantitative estimate of drug-likeness (QED) is 0.818. The average Bonchev–Trinajstić information content (AvgIpc) is 3.13. The van der Waals surface area contributed by atoms with Crippen molar-refractivity contribution in [3.8, 4) is 5.75 Å². The van der Waals surface area contributed by atoms with E-state index < -0.39 is 19.5 Å². The molecule has 0 radical (unpaired) electrons. The largest absolute Gasteiger partial charge is 0.497 e. The predicted octanol–water partition coefficient (Wildman–Crippen LogP) is 2.15. The molecule has 0 aliphatic carbocycles. The number of fused-ring (bicyclic) bond motifs is 1. The molecule has 0 unspecified atom stereocenters. The first-order valence-electron chi connectivity index (χ1n) is 8.96. The van der Waals surface area contributed by atoms with Crippen LogP contribution >= 0.6 is 0 Å². The summed E-state index contributed by atoms with van der Waals surface area (Å²) in [6.07, 6.45) is 2.03. The second-order valence-electron chi connectivity index (χ2n) is 4.88. The summed E-state index contributed by atoms with van der Waals surface area (Å²) >= 11 is 0. The van der Waals surface area contributed by atoms with E-state index in [4.69, 9.17) is 11.6 Å². The van der Waals surface area contributed by atoms with Gasteiger partial charge in [0, 0.05) is 34.9 Å². The van der Waals surface area contributed by atoms with Gasteiger partial charge in [0.2, 0.25) is 0 Å². The van der Waals surface area contributed by atoms with Crippen LogP contribution in [0.2, 0.25) is 0 Å². The van der Waals surface area contributed by atoms with Crippen LogP contribution in [0.3, 0.4) is 0 Å². The Labute approximate surface area is 116 Å². The first-order chi connectivity index (χ1) is 10.7. The zero-order valence-electron chi connectivity index (χ0n) is 15.6. The lowest BCUT2D eigenvalue weighted by atomic mass is 10.1. The van der Waals surface area contributed by atoms with Gasteiger partial charge < -0.3 is 14.5 Å². The SMILES string of the molecule is [2H]C([2H])([2H])N1CCC[C@@H]1C([2H])([2H])N1CCc2ccc(OC)cc21. The normalized spacial score (nSPS) is 29.1. The highest BCUT2D eigenvalue weighted by atomic mass is 16.5. The van der Waals surface area contributed by atoms with Crippen molar-refractivity contribution in [3.63, 3.8) is 0 Å². The molecule has 2 aliphatic heterocycles. The minimum atomic E-state index is -2.26. The van der Waals surface area contributed by atoms with E-state index in [9.17, 15) is 0 Å². The number of likely N-dealkylation sites (tertiary alicyclic amines) is 1. The lowest BCUT2D eigenvalue weighted by Gasteiger charge is -2.27. The molecule has 3 rings (SSSR count). The molecule has 0 spiro atoms. The fourth-order valence-corrected chi connectivity index (χ4v) is 2.70. The molecule has 1 aromatic rings. The Kier molecular flexibility index (Phi) is 1.97. The molecule has 0 bridgehead atoms. The van der Waals surface area contributed by atoms with E-state index in [1.54, 1.807) is 12.0 Å². The summed E-state index contributed by atoms with van der Waals surface area (Å²) in [5.41, 5.74) is 1.89. The van der Waals surface area contributed by atoms with E-state index in [0.29, 0.717) is 31.7 Å². The second-order valence-corrected chi connectivity index (χ2v) is 4.88. The molecule has 1 atom stereocenters. The molecule has 0 saturated carbocycles. The topological polar surface area (TPSA) is 15.7 Å². The molecule has 1 saturated heterocycles. The molecule has 3 heteroatoms. The predicted molar refractivity (Wildman–Crippen MR) is 74.6 cm³/mol. The molecule has 1 fully saturated rings. The third-order valence-electron chi connectivity index (χ3n) is 3.75. The van der Waals surface area contributed by atoms with Crippen molar-refractivity contribution in [3.05, 3.63) is 23.8 Å². The minimum absolute atomic E-state index is 0.416. The van der Waals surface area contributed by atoms with Crippen LogP contribution in [0.5, 0.6) is 5.75 Å². The fraction of sp³-hybridized carbons (Fsp3) is 0.600. The monoisotopic (exact) mass is 251 g/mol. The van der Waals surface area contributed by atoms with Gasteiger partial charge in [-0.15, -0.1) is 0 Å². The van der Waals surface area contributed by atoms with Crippen molar-refractivity contribution >= 4 is 5.69 Å². The zero-order chi connectivity index (χ0) is 16.8. The van der Waals surface area contributed by atoms with Gasteiger partial charge in [-0.25, -0.2) is 0 Å². The van der Waals surface area contributed by atoms with E-state index in [-0.39, 0.29) is 0 Å². The third-order valence-corrected chi connectivity index (χ3v) is 3.75. The van der Waals surface area contributed by atoms with Crippen LogP contribution in [0.15, 0.2) is 18.2 Å². The van der Waals surface area contributed by atoms with Crippen LogP contribution in [0.1, 0.15) is 25.3 Å². The van der Waals surface area contributed by atoms with Gasteiger partial charge in [0.05, 0.1) is 9.85 Å². The summed E-state index contributed by atoms with van der Waals surface area (Å²) in [6, 6.07) is 5.05. The molecule has 0 N–H and O–H groups in total. The van der Waals surface area contributed by atoms with E-state index in [1.807, 2.05) is 18.2 Å². The third kappa shape index (κ3) is 2.07. The van der Waals surface area contributed by atoms with Crippen molar-refractivity contribution < 1.29 is 11.6 Å². The van der Waals surface area contributed by atoms with Crippen molar-refractivity contribution in [1.82, 2.24) is 4.90 Å². The van der Waals surface area contributed by atoms with Gasteiger partial charge in [0.15, 0.2) is 0 Å². The Balaban J connectivity index is 1.93. The van der Waals surface area contributed by atoms with Crippen LogP contribution in [0, 0.1) is 0 Å². The Bertz CT molecular complexity index is 590. The number of ether oxygens (including phenoxy) is 1. The van der Waals surface area contributed by atoms with E-state index >= 15 is 0 Å². The highest BCUT2D eigenvalue weighted by Crippen LogP contribution is 2.32. The number of anilines is 1. The molecule has 18 heavy (non-hydrogen) atoms. The van der Waals surface area contributed by atoms with Gasteiger partial charge in [-0.1, -0.05) is 6.07 Å². The van der Waals surface area contributed by atoms with Crippen LogP contribution in [-0.2, 0) is 6.42 Å². The first kappa shape index (κ1) is 7.39. The summed E-state index contributed by atoms with van der Waals surface area (Å²) < 4.78 is 45.6. The molecule has 98 valence electrons. The van der Waals surface area contributed by atoms with Gasteiger partial charge in [0.1, 0.15) is 5.75 Å². The molecular weight excluding hydrogens is 224 g/mol. The molecule has 0 amide bonds. The number of rotatable bonds is 3. The molecule has 1 aromatic carbocycles. The van der Waals surface area contributed by atoms with Crippen LogP contribution in [-0.4, -0.2) is 44.6 Å². The number of hydrogen-bond donors (Lipinski definition) is 0. The van der Waals surface area contributed by atoms with Crippen LogP contribution in [0.4, 0.5) is 5.69 Å². The minimum Gasteiger partial charge on any atom is -0.497 e. The van der Waals surface area contributed by atoms with Crippen molar-refractivity contribution in [2.45, 2.75) is 25.3 Å². The lowest BCUT2D eigenvalue weighted by Crippen LogP contribution is -2.37. The van der Waals surface area contributed by atoms with Gasteiger partial charge in [-0.3, -0.25) is 0 Å². The van der Waals surface area contributed by atoms with Crippen LogP contribution < -0.4 is 9.64 Å². The number of nitrogens with zero attached hydrogens (tertiary/aromatic N) is 2. The summed E-state index contributed by atoms with van der Waals surface area (Å²) in [5, 5.41) is 0. The second kappa shape index (κ2) is 4.81. The number of likely N-dealkylation sites (N-methyl/N-ethyl adjacent to an activating group) is 1. The van der Waals surface area contributed by atoms with E-state index in [0.717, 1.165) is 17.7 Å². The standard InChI is InChI=1S/C15H22N2O/c1-16-8-3-4-13(16)11-17-9-7-12-5-6-14(18-2)10-15(12)17/h5-6,10,13H,3-4,7-9,11H2,1-2H3/t13-/m1/s1/i1D3,11D2. The zero-order valence-corrected chi connectivity index (χ0v) is 10.6. The molecule has 2 heterocycles. The maximum Gasteiger partial charge on any atom is 0.120 e. The number of benzene rings is 1. The summed E-state index contributed by atoms with van der Waals surface area (Å²) in [4.78, 5) is 3.05. The Morgan fingerprint density at radius 1 is 1.50 bits per heavy atom. The average molecular weight is 251 g/mol. The van der Waals surface area contributed by atoms with E-state index in [1.165, 1.54) is 4.90 Å². The molecule has 2 aliphatic rings. The Hall–Kier alpha value is -1.22. The van der Waals surface area contributed by atoms with Gasteiger partial charge >= 0.3 is 0 Å². The van der Waals surface area contributed by atoms with Gasteiger partial charge in [0.25, 0.3) is 0 Å². The maximum absolute atomic E-state index is 8.65. The Morgan fingerprint density at radius 2 is 2.44 bits per heavy atom. The molecule has 0 aromatic heterocycles. The van der Waals surface area contributed by atoms with Gasteiger partial charge in [-0.2, -0.15) is 0 Å². The van der Waals surface area contributed by atoms with Gasteiger partial charge in [-0.05, 0) is 44.4 Å². The first-order valence-corrected chi connectivity index (χ1v) is 6.46. The highest BCUT2D eigenvalue weighted by molar-refractivity contribution is 5.61. The summed E-state index contributed by atoms with van der Waals surface area (Å²) in [5.74, 6) is 0.686. The summed E-state index contributed by atoms with van der Waals surface area (Å²) in [6.45, 7) is -3.02. The molecule has 3 nitrogen and oxygen atoms in total. The smallest absolute Gasteiger partial charge is 0.120 e. The Morgan fingerprint density at radius 3 is 3.28 bits per heavy atom. The van der Waals surface area contributed by atoms with Crippen molar-refractivity contribution in [2.24, 2.45) is 0 Å². The highest BCUT2D eigenvalue weighted by Gasteiger charge is 2.27. The van der Waals surface area contributed by atoms with E-state index in [2.05, 4.69) is 0 Å². The summed E-state index contributed by atoms with van der Waals surface area (Å²) in [7, 11) is 1.59. The van der Waals surface area contributed by atoms with Crippen molar-refractivity contribution in [1.29, 1.82) is 0 Å². The molecular formula is C15H22N2O. The van der Waals surface area contributed by atoms with Crippen molar-refractivity contribution in [2.75, 3.05) is 38.6 Å². The maximum atomic E-state index is 8.65. The number of methoxy groups -OCH3 is 1. The fourth-order valence-electron chi connectivity index (χ4n) is 2.70. The van der Waals surface area contributed by atoms with Crippen LogP contribution in [0.25, 0.3) is 0 Å².